The molecule has 11 heteroatoms. The van der Waals surface area contributed by atoms with Crippen LogP contribution in [0, 0.1) is 13.8 Å². The number of aromatic nitrogens is 4. The van der Waals surface area contributed by atoms with Gasteiger partial charge in [0.25, 0.3) is 0 Å². The number of thiazole rings is 1. The van der Waals surface area contributed by atoms with Crippen molar-refractivity contribution in [3.8, 4) is 11.4 Å². The molecule has 0 bridgehead atoms. The van der Waals surface area contributed by atoms with E-state index in [9.17, 15) is 9.59 Å². The molecule has 0 aliphatic heterocycles. The Morgan fingerprint density at radius 3 is 2.66 bits per heavy atom. The summed E-state index contributed by atoms with van der Waals surface area (Å²) in [6.07, 6.45) is 0.932. The van der Waals surface area contributed by atoms with Crippen LogP contribution in [-0.2, 0) is 16.0 Å². The van der Waals surface area contributed by atoms with Crippen LogP contribution in [-0.4, -0.2) is 44.0 Å². The van der Waals surface area contributed by atoms with E-state index in [1.807, 2.05) is 0 Å². The first-order valence-corrected chi connectivity index (χ1v) is 13.0. The molecule has 0 aromatic carbocycles. The van der Waals surface area contributed by atoms with Gasteiger partial charge in [-0.15, -0.1) is 21.5 Å². The highest BCUT2D eigenvalue weighted by Gasteiger charge is 2.22. The van der Waals surface area contributed by atoms with E-state index < -0.39 is 5.97 Å². The number of nitrogens with zero attached hydrogens (tertiary/aromatic N) is 4. The lowest BCUT2D eigenvalue weighted by atomic mass is 10.1. The third kappa shape index (κ3) is 5.21. The molecule has 1 N–H and O–H groups in total. The summed E-state index contributed by atoms with van der Waals surface area (Å²) < 4.78 is 7.10. The van der Waals surface area contributed by atoms with Crippen molar-refractivity contribution in [2.45, 2.75) is 59.2 Å². The van der Waals surface area contributed by atoms with Crippen molar-refractivity contribution in [2.24, 2.45) is 0 Å². The van der Waals surface area contributed by atoms with Crippen molar-refractivity contribution in [3.63, 3.8) is 0 Å². The van der Waals surface area contributed by atoms with Crippen LogP contribution in [0.3, 0.4) is 0 Å². The molecule has 3 heterocycles. The molecule has 1 amide bonds. The minimum Gasteiger partial charge on any atom is -0.462 e. The van der Waals surface area contributed by atoms with Gasteiger partial charge >= 0.3 is 5.97 Å². The molecule has 0 fully saturated rings. The molecular formula is C21H27N5O3S3. The van der Waals surface area contributed by atoms with Gasteiger partial charge in [0.15, 0.2) is 16.1 Å². The smallest absolute Gasteiger partial charge is 0.350 e. The maximum atomic E-state index is 12.5. The molecule has 0 unspecified atom stereocenters. The number of aryl methyl sites for hydroxylation is 2. The zero-order valence-corrected chi connectivity index (χ0v) is 21.5. The fourth-order valence-corrected chi connectivity index (χ4v) is 5.93. The third-order valence-electron chi connectivity index (χ3n) is 4.72. The molecule has 0 aliphatic carbocycles. The first-order chi connectivity index (χ1) is 15.3. The van der Waals surface area contributed by atoms with Gasteiger partial charge in [-0.25, -0.2) is 9.78 Å². The zero-order chi connectivity index (χ0) is 23.4. The standard InChI is InChI=1S/C21H27N5O3S3/c1-7-14-13(6)30-9-15(14)18-24-25-21(26(18)11(3)4)31-10-16(27)23-20-22-12(5)17(32-20)19(28)29-8-2/h9,11H,7-8,10H2,1-6H3,(H,22,23,27). The second kappa shape index (κ2) is 10.6. The third-order valence-corrected chi connectivity index (χ3v) is 7.66. The molecular weight excluding hydrogens is 466 g/mol. The highest BCUT2D eigenvalue weighted by Crippen LogP contribution is 2.34. The number of rotatable bonds is 9. The summed E-state index contributed by atoms with van der Waals surface area (Å²) in [7, 11) is 0. The molecule has 3 aromatic rings. The Balaban J connectivity index is 1.72. The molecule has 3 rings (SSSR count). The Kier molecular flexibility index (Phi) is 8.07. The maximum Gasteiger partial charge on any atom is 0.350 e. The van der Waals surface area contributed by atoms with Crippen LogP contribution in [0.25, 0.3) is 11.4 Å². The number of ether oxygens (including phenoxy) is 1. The van der Waals surface area contributed by atoms with Crippen molar-refractivity contribution < 1.29 is 14.3 Å². The fraction of sp³-hybridized carbons (Fsp3) is 0.476. The van der Waals surface area contributed by atoms with Crippen molar-refractivity contribution in [3.05, 3.63) is 26.4 Å². The van der Waals surface area contributed by atoms with Gasteiger partial charge in [0, 0.05) is 21.9 Å². The predicted octanol–water partition coefficient (Wildman–Crippen LogP) is 5.13. The summed E-state index contributed by atoms with van der Waals surface area (Å²) in [5.41, 5.74) is 2.94. The van der Waals surface area contributed by atoms with Crippen molar-refractivity contribution in [1.82, 2.24) is 19.7 Å². The number of thiophene rings is 1. The van der Waals surface area contributed by atoms with Gasteiger partial charge in [0.05, 0.1) is 18.1 Å². The van der Waals surface area contributed by atoms with Crippen LogP contribution in [0.4, 0.5) is 5.13 Å². The maximum absolute atomic E-state index is 12.5. The molecule has 0 atom stereocenters. The number of thioether (sulfide) groups is 1. The Morgan fingerprint density at radius 2 is 2.00 bits per heavy atom. The topological polar surface area (TPSA) is 99.0 Å². The van der Waals surface area contributed by atoms with E-state index in [1.54, 1.807) is 25.2 Å². The summed E-state index contributed by atoms with van der Waals surface area (Å²) in [5, 5.41) is 14.8. The number of esters is 1. The van der Waals surface area contributed by atoms with E-state index in [0.29, 0.717) is 20.9 Å². The van der Waals surface area contributed by atoms with E-state index in [4.69, 9.17) is 4.74 Å². The average Bonchev–Trinajstić information content (AvgIpc) is 3.42. The molecule has 172 valence electrons. The largest absolute Gasteiger partial charge is 0.462 e. The number of hydrogen-bond donors (Lipinski definition) is 1. The summed E-state index contributed by atoms with van der Waals surface area (Å²) in [4.78, 5) is 30.4. The fourth-order valence-electron chi connectivity index (χ4n) is 3.25. The van der Waals surface area contributed by atoms with Crippen molar-refractivity contribution in [2.75, 3.05) is 17.7 Å². The second-order valence-corrected chi connectivity index (χ2v) is 10.3. The van der Waals surface area contributed by atoms with E-state index in [2.05, 4.69) is 58.1 Å². The lowest BCUT2D eigenvalue weighted by Crippen LogP contribution is -2.15. The first kappa shape index (κ1) is 24.4. The number of anilines is 1. The molecule has 0 spiro atoms. The predicted molar refractivity (Wildman–Crippen MR) is 130 cm³/mol. The molecule has 0 saturated carbocycles. The van der Waals surface area contributed by atoms with Crippen molar-refractivity contribution >= 4 is 51.4 Å². The van der Waals surface area contributed by atoms with Crippen LogP contribution < -0.4 is 5.32 Å². The van der Waals surface area contributed by atoms with Crippen LogP contribution in [0.1, 0.15) is 59.5 Å². The van der Waals surface area contributed by atoms with Gasteiger partial charge in [-0.05, 0) is 46.6 Å². The Labute approximate surface area is 199 Å². The van der Waals surface area contributed by atoms with Crippen LogP contribution in [0.2, 0.25) is 0 Å². The molecule has 0 saturated heterocycles. The minimum absolute atomic E-state index is 0.143. The quantitative estimate of drug-likeness (QED) is 0.326. The van der Waals surface area contributed by atoms with Crippen molar-refractivity contribution in [1.29, 1.82) is 0 Å². The molecule has 8 nitrogen and oxygen atoms in total. The van der Waals surface area contributed by atoms with Crippen LogP contribution in [0.5, 0.6) is 0 Å². The monoisotopic (exact) mass is 493 g/mol. The molecule has 3 aromatic heterocycles. The minimum atomic E-state index is -0.426. The van der Waals surface area contributed by atoms with Crippen LogP contribution in [0.15, 0.2) is 10.5 Å². The Morgan fingerprint density at radius 1 is 1.25 bits per heavy atom. The lowest BCUT2D eigenvalue weighted by molar-refractivity contribution is -0.113. The van der Waals surface area contributed by atoms with E-state index in [-0.39, 0.29) is 24.3 Å². The summed E-state index contributed by atoms with van der Waals surface area (Å²) in [6.45, 7) is 12.2. The second-order valence-electron chi connectivity index (χ2n) is 7.30. The van der Waals surface area contributed by atoms with Gasteiger partial charge in [0.2, 0.25) is 5.91 Å². The SMILES string of the molecule is CCOC(=O)c1sc(NC(=O)CSc2nnc(-c3csc(C)c3CC)n2C(C)C)nc1C. The van der Waals surface area contributed by atoms with Gasteiger partial charge in [-0.2, -0.15) is 0 Å². The van der Waals surface area contributed by atoms with E-state index >= 15 is 0 Å². The Hall–Kier alpha value is -2.24. The van der Waals surface area contributed by atoms with Gasteiger partial charge in [0.1, 0.15) is 4.88 Å². The zero-order valence-electron chi connectivity index (χ0n) is 19.0. The van der Waals surface area contributed by atoms with Gasteiger partial charge in [-0.1, -0.05) is 30.0 Å². The lowest BCUT2D eigenvalue weighted by Gasteiger charge is -2.14. The molecule has 0 aliphatic rings. The summed E-state index contributed by atoms with van der Waals surface area (Å²) >= 11 is 4.16. The Bertz CT molecular complexity index is 1120. The number of hydrogen-bond acceptors (Lipinski definition) is 9. The molecule has 32 heavy (non-hydrogen) atoms. The number of nitrogens with one attached hydrogen (secondary N) is 1. The van der Waals surface area contributed by atoms with Gasteiger partial charge < -0.3 is 10.1 Å². The number of amides is 1. The normalized spacial score (nSPS) is 11.2. The number of carbonyl (C=O) groups excluding carboxylic acids is 2. The first-order valence-electron chi connectivity index (χ1n) is 10.4. The van der Waals surface area contributed by atoms with E-state index in [1.165, 1.54) is 22.2 Å². The van der Waals surface area contributed by atoms with E-state index in [0.717, 1.165) is 29.1 Å². The number of carbonyl (C=O) groups is 2. The summed E-state index contributed by atoms with van der Waals surface area (Å²) in [6, 6.07) is 0.143. The highest BCUT2D eigenvalue weighted by atomic mass is 32.2. The van der Waals surface area contributed by atoms with Crippen LogP contribution >= 0.6 is 34.4 Å². The highest BCUT2D eigenvalue weighted by molar-refractivity contribution is 7.99. The average molecular weight is 494 g/mol. The van der Waals surface area contributed by atoms with Gasteiger partial charge in [-0.3, -0.25) is 9.36 Å². The molecule has 0 radical (unpaired) electrons. The summed E-state index contributed by atoms with van der Waals surface area (Å²) in [5.74, 6) is 0.338.